The molecule has 0 aromatic carbocycles. The first-order valence-corrected chi connectivity index (χ1v) is 14.9. The summed E-state index contributed by atoms with van der Waals surface area (Å²) in [4.78, 5) is 0. The van der Waals surface area contributed by atoms with E-state index in [-0.39, 0.29) is 6.29 Å². The van der Waals surface area contributed by atoms with Crippen molar-refractivity contribution < 1.29 is 18.3 Å². The van der Waals surface area contributed by atoms with Gasteiger partial charge < -0.3 is 9.47 Å². The third-order valence-corrected chi connectivity index (χ3v) is 10.1. The SMILES string of the molecule is CCCCCC1COC(C2CCC(C3CCC(C4CCC(CC=C(F)F)CC4)CC3)CC2)OC1. The van der Waals surface area contributed by atoms with Gasteiger partial charge in [0.05, 0.1) is 13.2 Å². The number of hydrogen-bond donors (Lipinski definition) is 0. The molecule has 0 bridgehead atoms. The van der Waals surface area contributed by atoms with Gasteiger partial charge in [0.2, 0.25) is 0 Å². The molecule has 4 rings (SSSR count). The molecule has 0 amide bonds. The number of ether oxygens (including phenoxy) is 2. The van der Waals surface area contributed by atoms with Crippen molar-refractivity contribution in [3.63, 3.8) is 0 Å². The van der Waals surface area contributed by atoms with Gasteiger partial charge in [-0.2, -0.15) is 8.78 Å². The Labute approximate surface area is 207 Å². The molecule has 4 heteroatoms. The van der Waals surface area contributed by atoms with E-state index >= 15 is 0 Å². The summed E-state index contributed by atoms with van der Waals surface area (Å²) in [6, 6.07) is 0. The zero-order valence-electron chi connectivity index (χ0n) is 21.7. The number of halogens is 2. The summed E-state index contributed by atoms with van der Waals surface area (Å²) in [5, 5.41) is 0. The molecule has 34 heavy (non-hydrogen) atoms. The number of hydrogen-bond acceptors (Lipinski definition) is 2. The van der Waals surface area contributed by atoms with Crippen LogP contribution in [0.3, 0.4) is 0 Å². The Morgan fingerprint density at radius 1 is 0.647 bits per heavy atom. The van der Waals surface area contributed by atoms with E-state index in [9.17, 15) is 8.78 Å². The molecule has 0 spiro atoms. The van der Waals surface area contributed by atoms with Crippen LogP contribution in [0.25, 0.3) is 0 Å². The first kappa shape index (κ1) is 26.6. The molecule has 0 aromatic heterocycles. The largest absolute Gasteiger partial charge is 0.352 e. The lowest BCUT2D eigenvalue weighted by Crippen LogP contribution is -2.39. The first-order chi connectivity index (χ1) is 16.6. The van der Waals surface area contributed by atoms with E-state index in [1.165, 1.54) is 89.9 Å². The second kappa shape index (κ2) is 13.7. The lowest BCUT2D eigenvalue weighted by Gasteiger charge is -2.42. The Balaban J connectivity index is 1.10. The lowest BCUT2D eigenvalue weighted by atomic mass is 9.65. The van der Waals surface area contributed by atoms with Crippen LogP contribution in [-0.2, 0) is 9.47 Å². The molecule has 1 aliphatic heterocycles. The van der Waals surface area contributed by atoms with Gasteiger partial charge in [0.15, 0.2) is 6.29 Å². The second-order valence-corrected chi connectivity index (χ2v) is 12.3. The average molecular weight is 481 g/mol. The van der Waals surface area contributed by atoms with Crippen molar-refractivity contribution in [1.29, 1.82) is 0 Å². The van der Waals surface area contributed by atoms with Gasteiger partial charge in [0.25, 0.3) is 6.08 Å². The molecule has 0 atom stereocenters. The highest BCUT2D eigenvalue weighted by atomic mass is 19.3. The monoisotopic (exact) mass is 480 g/mol. The van der Waals surface area contributed by atoms with E-state index in [2.05, 4.69) is 6.92 Å². The summed E-state index contributed by atoms with van der Waals surface area (Å²) in [5.74, 6) is 5.32. The first-order valence-electron chi connectivity index (χ1n) is 14.9. The number of unbranched alkanes of at least 4 members (excludes halogenated alkanes) is 2. The van der Waals surface area contributed by atoms with Crippen LogP contribution in [0.2, 0.25) is 0 Å². The van der Waals surface area contributed by atoms with E-state index in [1.54, 1.807) is 0 Å². The maximum Gasteiger partial charge on any atom is 0.266 e. The minimum atomic E-state index is -1.50. The van der Waals surface area contributed by atoms with Crippen molar-refractivity contribution in [3.8, 4) is 0 Å². The van der Waals surface area contributed by atoms with Crippen LogP contribution in [0.5, 0.6) is 0 Å². The molecule has 1 heterocycles. The minimum Gasteiger partial charge on any atom is -0.352 e. The lowest BCUT2D eigenvalue weighted by molar-refractivity contribution is -0.230. The fraction of sp³-hybridized carbons (Fsp3) is 0.933. The molecular weight excluding hydrogens is 430 g/mol. The topological polar surface area (TPSA) is 18.5 Å². The van der Waals surface area contributed by atoms with Crippen LogP contribution in [0.1, 0.15) is 116 Å². The Kier molecular flexibility index (Phi) is 10.7. The van der Waals surface area contributed by atoms with E-state index in [1.807, 2.05) is 0 Å². The molecule has 196 valence electrons. The number of allylic oxidation sites excluding steroid dienone is 1. The van der Waals surface area contributed by atoms with E-state index in [0.717, 1.165) is 55.8 Å². The van der Waals surface area contributed by atoms with Crippen LogP contribution in [-0.4, -0.2) is 19.5 Å². The molecule has 4 fully saturated rings. The maximum absolute atomic E-state index is 12.4. The molecule has 4 aliphatic rings. The van der Waals surface area contributed by atoms with Crippen molar-refractivity contribution in [2.45, 2.75) is 122 Å². The highest BCUT2D eigenvalue weighted by molar-refractivity contribution is 4.89. The molecule has 3 saturated carbocycles. The van der Waals surface area contributed by atoms with Gasteiger partial charge in [-0.1, -0.05) is 26.2 Å². The summed E-state index contributed by atoms with van der Waals surface area (Å²) >= 11 is 0. The summed E-state index contributed by atoms with van der Waals surface area (Å²) in [6.45, 7) is 4.08. The van der Waals surface area contributed by atoms with Gasteiger partial charge in [-0.15, -0.1) is 0 Å². The summed E-state index contributed by atoms with van der Waals surface area (Å²) in [6.07, 6.45) is 21.3. The minimum absolute atomic E-state index is 0.0612. The number of rotatable bonds is 9. The molecule has 3 aliphatic carbocycles. The zero-order chi connectivity index (χ0) is 23.8. The van der Waals surface area contributed by atoms with Crippen molar-refractivity contribution in [2.75, 3.05) is 13.2 Å². The van der Waals surface area contributed by atoms with Gasteiger partial charge >= 0.3 is 0 Å². The van der Waals surface area contributed by atoms with Crippen LogP contribution < -0.4 is 0 Å². The van der Waals surface area contributed by atoms with Crippen LogP contribution in [0, 0.1) is 41.4 Å². The summed E-state index contributed by atoms with van der Waals surface area (Å²) in [5.41, 5.74) is 0. The van der Waals surface area contributed by atoms with E-state index < -0.39 is 6.08 Å². The van der Waals surface area contributed by atoms with Crippen molar-refractivity contribution >= 4 is 0 Å². The molecular formula is C30H50F2O2. The Hall–Kier alpha value is -0.480. The molecule has 2 nitrogen and oxygen atoms in total. The van der Waals surface area contributed by atoms with Crippen molar-refractivity contribution in [1.82, 2.24) is 0 Å². The summed E-state index contributed by atoms with van der Waals surface area (Å²) in [7, 11) is 0. The van der Waals surface area contributed by atoms with Crippen molar-refractivity contribution in [2.24, 2.45) is 41.4 Å². The van der Waals surface area contributed by atoms with Gasteiger partial charge in [-0.3, -0.25) is 0 Å². The Morgan fingerprint density at radius 3 is 1.59 bits per heavy atom. The molecule has 0 radical (unpaired) electrons. The van der Waals surface area contributed by atoms with Gasteiger partial charge in [0.1, 0.15) is 0 Å². The zero-order valence-corrected chi connectivity index (χ0v) is 21.7. The normalized spacial score (nSPS) is 39.5. The van der Waals surface area contributed by atoms with Crippen LogP contribution >= 0.6 is 0 Å². The maximum atomic E-state index is 12.4. The van der Waals surface area contributed by atoms with E-state index in [4.69, 9.17) is 9.47 Å². The summed E-state index contributed by atoms with van der Waals surface area (Å²) < 4.78 is 37.1. The van der Waals surface area contributed by atoms with Gasteiger partial charge in [0, 0.05) is 11.8 Å². The van der Waals surface area contributed by atoms with Crippen LogP contribution in [0.15, 0.2) is 12.2 Å². The van der Waals surface area contributed by atoms with Crippen molar-refractivity contribution in [3.05, 3.63) is 12.2 Å². The molecule has 1 saturated heterocycles. The Bertz CT molecular complexity index is 587. The smallest absolute Gasteiger partial charge is 0.266 e. The average Bonchev–Trinajstić information content (AvgIpc) is 2.89. The highest BCUT2D eigenvalue weighted by Crippen LogP contribution is 2.47. The van der Waals surface area contributed by atoms with E-state index in [0.29, 0.717) is 24.2 Å². The molecule has 0 aromatic rings. The fourth-order valence-electron chi connectivity index (χ4n) is 7.81. The third-order valence-electron chi connectivity index (χ3n) is 10.1. The van der Waals surface area contributed by atoms with Gasteiger partial charge in [-0.05, 0) is 126 Å². The van der Waals surface area contributed by atoms with Crippen LogP contribution in [0.4, 0.5) is 8.78 Å². The second-order valence-electron chi connectivity index (χ2n) is 12.3. The highest BCUT2D eigenvalue weighted by Gasteiger charge is 2.37. The molecule has 0 N–H and O–H groups in total. The Morgan fingerprint density at radius 2 is 1.12 bits per heavy atom. The third kappa shape index (κ3) is 7.76. The quantitative estimate of drug-likeness (QED) is 0.306. The predicted molar refractivity (Wildman–Crippen MR) is 135 cm³/mol. The fourth-order valence-corrected chi connectivity index (χ4v) is 7.81. The van der Waals surface area contributed by atoms with Gasteiger partial charge in [-0.25, -0.2) is 0 Å². The predicted octanol–water partition coefficient (Wildman–Crippen LogP) is 9.15. The standard InChI is InChI=1S/C30H50F2O2/c1-2-3-4-5-23-20-33-30(34-21-23)28-17-15-27(16-18-28)26-13-11-25(12-14-26)24-9-6-22(7-10-24)8-19-29(31)32/h19,22-28,30H,2-18,20-21H2,1H3. The molecule has 0 unspecified atom stereocenters.